The molecule has 0 aromatic rings. The van der Waals surface area contributed by atoms with Crippen molar-refractivity contribution in [2.75, 3.05) is 13.7 Å². The normalized spacial score (nSPS) is 22.4. The summed E-state index contributed by atoms with van der Waals surface area (Å²) in [4.78, 5) is 0. The van der Waals surface area contributed by atoms with Crippen LogP contribution in [-0.4, -0.2) is 24.4 Å². The van der Waals surface area contributed by atoms with E-state index >= 15 is 0 Å². The molecule has 1 aliphatic rings. The maximum atomic E-state index is 10.2. The van der Waals surface area contributed by atoms with E-state index in [2.05, 4.69) is 6.08 Å². The van der Waals surface area contributed by atoms with Crippen molar-refractivity contribution in [3.8, 4) is 0 Å². The highest BCUT2D eigenvalue weighted by atomic mass is 16.5. The fourth-order valence-electron chi connectivity index (χ4n) is 1.97. The maximum absolute atomic E-state index is 10.2. The predicted molar refractivity (Wildman–Crippen MR) is 58.3 cm³/mol. The van der Waals surface area contributed by atoms with Crippen LogP contribution in [0, 0.1) is 0 Å². The van der Waals surface area contributed by atoms with Gasteiger partial charge in [0.2, 0.25) is 0 Å². The second kappa shape index (κ2) is 5.52. The third-order valence-electron chi connectivity index (χ3n) is 3.03. The smallest absolute Gasteiger partial charge is 0.0850 e. The molecule has 1 aliphatic carbocycles. The Morgan fingerprint density at radius 3 is 2.93 bits per heavy atom. The predicted octanol–water partition coefficient (Wildman–Crippen LogP) is 2.66. The molecular formula is C12H22O2. The Bertz CT molecular complexity index is 194. The zero-order valence-corrected chi connectivity index (χ0v) is 9.38. The van der Waals surface area contributed by atoms with Gasteiger partial charge in [-0.2, -0.15) is 0 Å². The molecule has 0 radical (unpaired) electrons. The Morgan fingerprint density at radius 2 is 2.21 bits per heavy atom. The van der Waals surface area contributed by atoms with Gasteiger partial charge in [0.1, 0.15) is 0 Å². The lowest BCUT2D eigenvalue weighted by atomic mass is 9.89. The number of aliphatic hydroxyl groups is 1. The summed E-state index contributed by atoms with van der Waals surface area (Å²) in [7, 11) is 1.68. The Morgan fingerprint density at radius 1 is 1.43 bits per heavy atom. The molecule has 0 aliphatic heterocycles. The number of ether oxygens (including phenoxy) is 1. The quantitative estimate of drug-likeness (QED) is 0.704. The van der Waals surface area contributed by atoms with Gasteiger partial charge in [0.15, 0.2) is 0 Å². The summed E-state index contributed by atoms with van der Waals surface area (Å²) < 4.78 is 5.01. The molecule has 1 N–H and O–H groups in total. The minimum absolute atomic E-state index is 0.629. The largest absolute Gasteiger partial charge is 0.386 e. The molecule has 2 heteroatoms. The van der Waals surface area contributed by atoms with Crippen LogP contribution in [0.4, 0.5) is 0 Å². The minimum atomic E-state index is -0.652. The number of allylic oxidation sites excluding steroid dienone is 1. The van der Waals surface area contributed by atoms with Crippen molar-refractivity contribution in [1.82, 2.24) is 0 Å². The van der Waals surface area contributed by atoms with Crippen LogP contribution < -0.4 is 0 Å². The van der Waals surface area contributed by atoms with Crippen LogP contribution in [0.3, 0.4) is 0 Å². The van der Waals surface area contributed by atoms with Gasteiger partial charge in [-0.05, 0) is 38.2 Å². The van der Waals surface area contributed by atoms with Crippen LogP contribution >= 0.6 is 0 Å². The van der Waals surface area contributed by atoms with Gasteiger partial charge >= 0.3 is 0 Å². The summed E-state index contributed by atoms with van der Waals surface area (Å²) in [6, 6.07) is 0. The van der Waals surface area contributed by atoms with Crippen molar-refractivity contribution in [2.45, 2.75) is 51.0 Å². The van der Waals surface area contributed by atoms with E-state index < -0.39 is 5.60 Å². The van der Waals surface area contributed by atoms with Crippen LogP contribution in [-0.2, 0) is 4.74 Å². The molecule has 0 saturated heterocycles. The summed E-state index contributed by atoms with van der Waals surface area (Å²) in [5.41, 5.74) is 0.562. The molecule has 0 amide bonds. The molecule has 0 aromatic carbocycles. The Kier molecular flexibility index (Phi) is 4.63. The van der Waals surface area contributed by atoms with Gasteiger partial charge < -0.3 is 9.84 Å². The van der Waals surface area contributed by atoms with Gasteiger partial charge in [0, 0.05) is 20.1 Å². The fraction of sp³-hybridized carbons (Fsp3) is 0.833. The summed E-state index contributed by atoms with van der Waals surface area (Å²) in [6.45, 7) is 2.54. The molecule has 0 bridgehead atoms. The van der Waals surface area contributed by atoms with Crippen molar-refractivity contribution >= 4 is 0 Å². The van der Waals surface area contributed by atoms with Crippen molar-refractivity contribution in [3.05, 3.63) is 11.6 Å². The highest BCUT2D eigenvalue weighted by Gasteiger charge is 2.25. The second-order valence-electron chi connectivity index (χ2n) is 4.35. The van der Waals surface area contributed by atoms with Crippen LogP contribution in [0.2, 0.25) is 0 Å². The van der Waals surface area contributed by atoms with Gasteiger partial charge in [-0.3, -0.25) is 0 Å². The van der Waals surface area contributed by atoms with Crippen molar-refractivity contribution in [3.63, 3.8) is 0 Å². The zero-order chi connectivity index (χ0) is 10.4. The Balaban J connectivity index is 2.54. The van der Waals surface area contributed by atoms with Crippen molar-refractivity contribution in [2.24, 2.45) is 0 Å². The monoisotopic (exact) mass is 198 g/mol. The maximum Gasteiger partial charge on any atom is 0.0850 e. The molecule has 82 valence electrons. The molecule has 0 fully saturated rings. The molecule has 0 aromatic heterocycles. The van der Waals surface area contributed by atoms with E-state index in [0.29, 0.717) is 13.0 Å². The average Bonchev–Trinajstić information content (AvgIpc) is 2.43. The summed E-state index contributed by atoms with van der Waals surface area (Å²) in [5, 5.41) is 10.2. The Hall–Kier alpha value is -0.340. The average molecular weight is 198 g/mol. The molecule has 0 heterocycles. The van der Waals surface area contributed by atoms with Gasteiger partial charge in [-0.15, -0.1) is 0 Å². The van der Waals surface area contributed by atoms with E-state index in [1.807, 2.05) is 6.92 Å². The lowest BCUT2D eigenvalue weighted by Crippen LogP contribution is -2.28. The van der Waals surface area contributed by atoms with Gasteiger partial charge in [-0.1, -0.05) is 12.5 Å². The highest BCUT2D eigenvalue weighted by Crippen LogP contribution is 2.28. The number of rotatable bonds is 4. The first-order valence-corrected chi connectivity index (χ1v) is 5.57. The fourth-order valence-corrected chi connectivity index (χ4v) is 1.97. The van der Waals surface area contributed by atoms with Gasteiger partial charge in [0.25, 0.3) is 0 Å². The second-order valence-corrected chi connectivity index (χ2v) is 4.35. The molecule has 0 spiro atoms. The van der Waals surface area contributed by atoms with Crippen molar-refractivity contribution < 1.29 is 9.84 Å². The van der Waals surface area contributed by atoms with Gasteiger partial charge in [-0.25, -0.2) is 0 Å². The third-order valence-corrected chi connectivity index (χ3v) is 3.03. The van der Waals surface area contributed by atoms with E-state index in [0.717, 1.165) is 12.8 Å². The standard InChI is InChI=1S/C12H22O2/c1-12(13,9-10-14-2)11-7-5-3-4-6-8-11/h7,13H,3-6,8-10H2,1-2H3. The SMILES string of the molecule is COCCC(C)(O)C1=CCCCCC1. The molecule has 1 unspecified atom stereocenters. The molecule has 1 rings (SSSR count). The van der Waals surface area contributed by atoms with Crippen LogP contribution in [0.1, 0.15) is 45.4 Å². The third kappa shape index (κ3) is 3.43. The first kappa shape index (κ1) is 11.7. The van der Waals surface area contributed by atoms with Gasteiger partial charge in [0.05, 0.1) is 5.60 Å². The topological polar surface area (TPSA) is 29.5 Å². The molecule has 2 nitrogen and oxygen atoms in total. The summed E-state index contributed by atoms with van der Waals surface area (Å²) >= 11 is 0. The zero-order valence-electron chi connectivity index (χ0n) is 9.38. The number of hydrogen-bond acceptors (Lipinski definition) is 2. The molecule has 1 atom stereocenters. The van der Waals surface area contributed by atoms with Crippen LogP contribution in [0.15, 0.2) is 11.6 Å². The lowest BCUT2D eigenvalue weighted by Gasteiger charge is -2.26. The van der Waals surface area contributed by atoms with E-state index in [1.165, 1.54) is 24.8 Å². The first-order valence-electron chi connectivity index (χ1n) is 5.57. The minimum Gasteiger partial charge on any atom is -0.386 e. The number of hydrogen-bond donors (Lipinski definition) is 1. The lowest BCUT2D eigenvalue weighted by molar-refractivity contribution is 0.0524. The van der Waals surface area contributed by atoms with Crippen LogP contribution in [0.25, 0.3) is 0 Å². The molecule has 0 saturated carbocycles. The van der Waals surface area contributed by atoms with E-state index in [1.54, 1.807) is 7.11 Å². The molecular weight excluding hydrogens is 176 g/mol. The first-order chi connectivity index (χ1) is 6.67. The molecule has 14 heavy (non-hydrogen) atoms. The van der Waals surface area contributed by atoms with E-state index in [9.17, 15) is 5.11 Å². The number of methoxy groups -OCH3 is 1. The highest BCUT2D eigenvalue weighted by molar-refractivity contribution is 5.16. The summed E-state index contributed by atoms with van der Waals surface area (Å²) in [5.74, 6) is 0. The summed E-state index contributed by atoms with van der Waals surface area (Å²) in [6.07, 6.45) is 8.88. The van der Waals surface area contributed by atoms with E-state index in [-0.39, 0.29) is 0 Å². The van der Waals surface area contributed by atoms with E-state index in [4.69, 9.17) is 4.74 Å². The van der Waals surface area contributed by atoms with Crippen LogP contribution in [0.5, 0.6) is 0 Å². The van der Waals surface area contributed by atoms with Crippen molar-refractivity contribution in [1.29, 1.82) is 0 Å². The Labute approximate surface area is 87.0 Å².